The van der Waals surface area contributed by atoms with E-state index >= 15 is 4.39 Å². The second kappa shape index (κ2) is 12.3. The predicted molar refractivity (Wildman–Crippen MR) is 191 cm³/mol. The van der Waals surface area contributed by atoms with Crippen molar-refractivity contribution in [2.45, 2.75) is 62.8 Å². The summed E-state index contributed by atoms with van der Waals surface area (Å²) in [5, 5.41) is 10.6. The minimum Gasteiger partial charge on any atom is -0.461 e. The summed E-state index contributed by atoms with van der Waals surface area (Å²) >= 11 is 7.83. The second-order valence-corrected chi connectivity index (χ2v) is 16.8. The molecule has 0 unspecified atom stereocenters. The van der Waals surface area contributed by atoms with Crippen LogP contribution in [0.25, 0.3) is 32.1 Å². The molecule has 1 amide bonds. The zero-order valence-electron chi connectivity index (χ0n) is 28.2. The molecule has 2 aromatic heterocycles. The number of anilines is 2. The number of ether oxygens (including phenoxy) is 1. The quantitative estimate of drug-likeness (QED) is 0.209. The average Bonchev–Trinajstić information content (AvgIpc) is 3.50. The van der Waals surface area contributed by atoms with Gasteiger partial charge in [-0.1, -0.05) is 24.1 Å². The lowest BCUT2D eigenvalue weighted by atomic mass is 9.75. The Hall–Kier alpha value is -3.93. The number of nitriles is 1. The summed E-state index contributed by atoms with van der Waals surface area (Å²) in [7, 11) is 0. The highest BCUT2D eigenvalue weighted by atomic mass is 35.5. The van der Waals surface area contributed by atoms with Crippen LogP contribution in [-0.4, -0.2) is 89.4 Å². The molecule has 1 saturated carbocycles. The van der Waals surface area contributed by atoms with Gasteiger partial charge in [0.1, 0.15) is 47.2 Å². The molecule has 4 atom stereocenters. The number of rotatable bonds is 6. The maximum Gasteiger partial charge on any atom is 0.319 e. The second-order valence-electron chi connectivity index (χ2n) is 15.3. The molecule has 52 heavy (non-hydrogen) atoms. The van der Waals surface area contributed by atoms with E-state index in [1.54, 1.807) is 11.0 Å². The molecule has 5 aliphatic rings. The summed E-state index contributed by atoms with van der Waals surface area (Å²) < 4.78 is 66.9. The van der Waals surface area contributed by atoms with Gasteiger partial charge in [0.05, 0.1) is 26.7 Å². The predicted octanol–water partition coefficient (Wildman–Crippen LogP) is 7.03. The van der Waals surface area contributed by atoms with Gasteiger partial charge in [-0.3, -0.25) is 9.69 Å². The van der Waals surface area contributed by atoms with Crippen LogP contribution in [-0.2, 0) is 4.79 Å². The van der Waals surface area contributed by atoms with Crippen LogP contribution < -0.4 is 15.4 Å². The number of carbonyl (C=O) groups excluding carboxylic acids is 1. The Balaban J connectivity index is 1.15. The lowest BCUT2D eigenvalue weighted by Gasteiger charge is -2.51. The van der Waals surface area contributed by atoms with Crippen molar-refractivity contribution in [2.24, 2.45) is 11.3 Å². The molecule has 4 aromatic rings. The summed E-state index contributed by atoms with van der Waals surface area (Å²) in [5.74, 6) is -1.64. The molecule has 15 heteroatoms. The summed E-state index contributed by atoms with van der Waals surface area (Å²) in [6, 6.07) is 6.14. The number of likely N-dealkylation sites (tertiary alicyclic amines) is 1. The van der Waals surface area contributed by atoms with Gasteiger partial charge in [0.2, 0.25) is 5.91 Å². The Kier molecular flexibility index (Phi) is 8.02. The zero-order valence-corrected chi connectivity index (χ0v) is 29.8. The summed E-state index contributed by atoms with van der Waals surface area (Å²) in [5.41, 5.74) is 5.45. The van der Waals surface area contributed by atoms with Crippen molar-refractivity contribution in [1.82, 2.24) is 19.8 Å². The van der Waals surface area contributed by atoms with Crippen molar-refractivity contribution < 1.29 is 27.1 Å². The van der Waals surface area contributed by atoms with E-state index in [-0.39, 0.29) is 72.7 Å². The van der Waals surface area contributed by atoms with Gasteiger partial charge in [0.15, 0.2) is 5.82 Å². The van der Waals surface area contributed by atoms with E-state index in [1.807, 2.05) is 6.07 Å². The molecule has 272 valence electrons. The number of thiophene rings is 1. The molecule has 9 rings (SSSR count). The molecule has 5 fully saturated rings. The van der Waals surface area contributed by atoms with Crippen LogP contribution in [0.2, 0.25) is 5.02 Å². The number of aromatic nitrogens is 2. The van der Waals surface area contributed by atoms with Crippen LogP contribution >= 0.6 is 22.9 Å². The molecular weight excluding hydrogens is 718 g/mol. The topological polar surface area (TPSA) is 112 Å². The highest BCUT2D eigenvalue weighted by molar-refractivity contribution is 7.23. The summed E-state index contributed by atoms with van der Waals surface area (Å²) in [6.07, 6.45) is 2.88. The minimum atomic E-state index is -1.06. The lowest BCUT2D eigenvalue weighted by molar-refractivity contribution is -0.145. The van der Waals surface area contributed by atoms with Gasteiger partial charge < -0.3 is 20.3 Å². The smallest absolute Gasteiger partial charge is 0.319 e. The monoisotopic (exact) mass is 753 g/mol. The molecule has 2 aromatic carbocycles. The van der Waals surface area contributed by atoms with Crippen molar-refractivity contribution >= 4 is 60.7 Å². The fraction of sp³-hybridized carbons (Fsp3) is 0.514. The van der Waals surface area contributed by atoms with Crippen molar-refractivity contribution in [2.75, 3.05) is 56.5 Å². The first-order valence-corrected chi connectivity index (χ1v) is 19.0. The normalized spacial score (nSPS) is 26.8. The molecule has 4 saturated heterocycles. The van der Waals surface area contributed by atoms with Gasteiger partial charge in [-0.25, -0.2) is 17.6 Å². The average molecular weight is 754 g/mol. The van der Waals surface area contributed by atoms with Gasteiger partial charge in [0, 0.05) is 60.9 Å². The number of hydrogen-bond donors (Lipinski definition) is 1. The first-order chi connectivity index (χ1) is 25.0. The van der Waals surface area contributed by atoms with E-state index < -0.39 is 35.4 Å². The zero-order chi connectivity index (χ0) is 36.1. The molecule has 1 spiro atoms. The highest BCUT2D eigenvalue weighted by Gasteiger charge is 2.53. The number of nitrogens with zero attached hydrogens (tertiary/aromatic N) is 6. The molecule has 2 N–H and O–H groups in total. The Morgan fingerprint density at radius 3 is 2.71 bits per heavy atom. The Labute approximate surface area is 306 Å². The number of amides is 1. The molecule has 4 aliphatic heterocycles. The standard InChI is InChI=1S/C37H36ClF4N7O2S/c38-24-10-22-30(29(42)28(24)20-4-5-25(40)31-27(20)23(13-43)32(44)52-31)45-35(51-18-37-7-3-9-49(37)14-19(39)12-37)46-33(22)47-8-2-1-6-36(15-47)16-48(17-36)34(50)21-11-26(21)41/h4-5,10,19,21,26H,1-3,6-9,11-12,14-18,44H2/t19-,21+,26+,37+/m1/s1. The largest absolute Gasteiger partial charge is 0.461 e. The van der Waals surface area contributed by atoms with E-state index in [0.717, 1.165) is 50.0 Å². The van der Waals surface area contributed by atoms with E-state index in [0.29, 0.717) is 50.3 Å². The summed E-state index contributed by atoms with van der Waals surface area (Å²) in [4.78, 5) is 28.2. The van der Waals surface area contributed by atoms with Gasteiger partial charge in [0.25, 0.3) is 0 Å². The third-order valence-corrected chi connectivity index (χ3v) is 13.2. The lowest BCUT2D eigenvalue weighted by Crippen LogP contribution is -2.62. The van der Waals surface area contributed by atoms with Crippen LogP contribution in [0.15, 0.2) is 18.2 Å². The molecule has 0 radical (unpaired) electrons. The first kappa shape index (κ1) is 33.9. The van der Waals surface area contributed by atoms with Crippen LogP contribution in [0, 0.1) is 34.3 Å². The fourth-order valence-corrected chi connectivity index (χ4v) is 10.5. The number of benzene rings is 2. The summed E-state index contributed by atoms with van der Waals surface area (Å²) in [6.45, 7) is 3.38. The van der Waals surface area contributed by atoms with Crippen molar-refractivity contribution in [3.8, 4) is 23.2 Å². The number of halogens is 5. The Morgan fingerprint density at radius 2 is 1.94 bits per heavy atom. The van der Waals surface area contributed by atoms with Crippen LogP contribution in [0.4, 0.5) is 28.4 Å². The molecule has 9 nitrogen and oxygen atoms in total. The van der Waals surface area contributed by atoms with Crippen molar-refractivity contribution in [1.29, 1.82) is 5.26 Å². The first-order valence-electron chi connectivity index (χ1n) is 17.8. The van der Waals surface area contributed by atoms with Crippen LogP contribution in [0.1, 0.15) is 50.5 Å². The highest BCUT2D eigenvalue weighted by Crippen LogP contribution is 2.48. The van der Waals surface area contributed by atoms with Crippen molar-refractivity contribution in [3.05, 3.63) is 40.4 Å². The number of hydrogen-bond acceptors (Lipinski definition) is 9. The van der Waals surface area contributed by atoms with Gasteiger partial charge in [-0.15, -0.1) is 11.3 Å². The Morgan fingerprint density at radius 1 is 1.13 bits per heavy atom. The van der Waals surface area contributed by atoms with Gasteiger partial charge in [-0.05, 0) is 56.3 Å². The van der Waals surface area contributed by atoms with E-state index in [1.165, 1.54) is 12.1 Å². The maximum absolute atomic E-state index is 17.2. The van der Waals surface area contributed by atoms with Gasteiger partial charge >= 0.3 is 6.01 Å². The number of fused-ring (bicyclic) bond motifs is 3. The van der Waals surface area contributed by atoms with Crippen LogP contribution in [0.5, 0.6) is 6.01 Å². The SMILES string of the molecule is N#Cc1c(N)sc2c(F)ccc(-c3c(Cl)cc4c(N5CCCCC6(CN(C(=O)[C@H]7C[C@@H]7F)C6)C5)nc(OC[C@@]56CCCN5C[C@H](F)C6)nc4c3F)c12. The molecule has 0 bridgehead atoms. The van der Waals surface area contributed by atoms with Crippen molar-refractivity contribution in [3.63, 3.8) is 0 Å². The number of nitrogens with two attached hydrogens (primary N) is 1. The van der Waals surface area contributed by atoms with E-state index in [2.05, 4.69) is 14.8 Å². The van der Waals surface area contributed by atoms with Crippen LogP contribution in [0.3, 0.4) is 0 Å². The maximum atomic E-state index is 17.2. The molecule has 6 heterocycles. The fourth-order valence-electron chi connectivity index (χ4n) is 9.25. The number of carbonyl (C=O) groups is 1. The molecular formula is C37H36ClF4N7O2S. The minimum absolute atomic E-state index is 0.0145. The third-order valence-electron chi connectivity index (χ3n) is 11.9. The third kappa shape index (κ3) is 5.37. The van der Waals surface area contributed by atoms with E-state index in [4.69, 9.17) is 27.1 Å². The Bertz CT molecular complexity index is 2190. The molecule has 1 aliphatic carbocycles. The number of alkyl halides is 2. The number of nitrogen functional groups attached to an aromatic ring is 1. The van der Waals surface area contributed by atoms with Gasteiger partial charge in [-0.2, -0.15) is 15.2 Å². The van der Waals surface area contributed by atoms with E-state index in [9.17, 15) is 23.2 Å².